The highest BCUT2D eigenvalue weighted by Gasteiger charge is 2.42. The van der Waals surface area contributed by atoms with Gasteiger partial charge in [0, 0.05) is 17.5 Å². The minimum absolute atomic E-state index is 0. The zero-order chi connectivity index (χ0) is 15.0. The van der Waals surface area contributed by atoms with E-state index in [1.165, 1.54) is 25.0 Å². The molecular formula is C17H21ClFN3O. The van der Waals surface area contributed by atoms with E-state index in [9.17, 15) is 4.39 Å². The number of piperidine rings is 1. The highest BCUT2D eigenvalue weighted by Crippen LogP contribution is 2.44. The number of nitrogens with zero attached hydrogens (tertiary/aromatic N) is 2. The van der Waals surface area contributed by atoms with E-state index in [2.05, 4.69) is 15.5 Å². The van der Waals surface area contributed by atoms with Gasteiger partial charge in [-0.15, -0.1) is 12.4 Å². The number of nitrogens with one attached hydrogen (secondary N) is 1. The second-order valence-corrected chi connectivity index (χ2v) is 6.64. The van der Waals surface area contributed by atoms with Gasteiger partial charge in [0.1, 0.15) is 5.82 Å². The maximum Gasteiger partial charge on any atom is 0.257 e. The van der Waals surface area contributed by atoms with Gasteiger partial charge in [-0.2, -0.15) is 4.98 Å². The topological polar surface area (TPSA) is 51.0 Å². The average molecular weight is 338 g/mol. The summed E-state index contributed by atoms with van der Waals surface area (Å²) in [5.41, 5.74) is 0.770. The molecule has 0 amide bonds. The lowest BCUT2D eigenvalue weighted by atomic mass is 9.75. The molecule has 1 atom stereocenters. The van der Waals surface area contributed by atoms with E-state index in [0.29, 0.717) is 5.89 Å². The van der Waals surface area contributed by atoms with Crippen molar-refractivity contribution in [3.63, 3.8) is 0 Å². The minimum atomic E-state index is -0.259. The number of hydrogen-bond acceptors (Lipinski definition) is 4. The zero-order valence-electron chi connectivity index (χ0n) is 12.9. The van der Waals surface area contributed by atoms with Crippen molar-refractivity contribution in [3.05, 3.63) is 35.9 Å². The van der Waals surface area contributed by atoms with Gasteiger partial charge < -0.3 is 9.84 Å². The largest absolute Gasteiger partial charge is 0.334 e. The molecule has 2 aliphatic rings. The molecule has 2 heterocycles. The Morgan fingerprint density at radius 2 is 2.04 bits per heavy atom. The van der Waals surface area contributed by atoms with E-state index in [4.69, 9.17) is 4.52 Å². The number of benzene rings is 1. The van der Waals surface area contributed by atoms with Crippen LogP contribution in [-0.4, -0.2) is 23.2 Å². The van der Waals surface area contributed by atoms with E-state index in [1.54, 1.807) is 12.1 Å². The summed E-state index contributed by atoms with van der Waals surface area (Å²) in [7, 11) is 0. The summed E-state index contributed by atoms with van der Waals surface area (Å²) in [6, 6.07) is 6.20. The van der Waals surface area contributed by atoms with Crippen LogP contribution in [0.25, 0.3) is 11.5 Å². The predicted octanol–water partition coefficient (Wildman–Crippen LogP) is 3.72. The van der Waals surface area contributed by atoms with Gasteiger partial charge in [0.15, 0.2) is 5.82 Å². The number of rotatable bonds is 4. The lowest BCUT2D eigenvalue weighted by Gasteiger charge is -2.35. The zero-order valence-corrected chi connectivity index (χ0v) is 13.7. The van der Waals surface area contributed by atoms with Crippen LogP contribution in [0.1, 0.15) is 37.9 Å². The van der Waals surface area contributed by atoms with Gasteiger partial charge in [0.2, 0.25) is 0 Å². The molecule has 0 bridgehead atoms. The van der Waals surface area contributed by atoms with E-state index < -0.39 is 0 Å². The Kier molecular flexibility index (Phi) is 4.69. The van der Waals surface area contributed by atoms with Crippen molar-refractivity contribution in [1.29, 1.82) is 0 Å². The van der Waals surface area contributed by atoms with Crippen LogP contribution in [0.3, 0.4) is 0 Å². The van der Waals surface area contributed by atoms with E-state index in [0.717, 1.165) is 49.7 Å². The predicted molar refractivity (Wildman–Crippen MR) is 88.1 cm³/mol. The molecule has 2 fully saturated rings. The van der Waals surface area contributed by atoms with Gasteiger partial charge in [-0.1, -0.05) is 18.0 Å². The van der Waals surface area contributed by atoms with Gasteiger partial charge >= 0.3 is 0 Å². The van der Waals surface area contributed by atoms with Crippen molar-refractivity contribution >= 4 is 12.4 Å². The highest BCUT2D eigenvalue weighted by molar-refractivity contribution is 5.85. The van der Waals surface area contributed by atoms with Gasteiger partial charge in [0.25, 0.3) is 5.89 Å². The van der Waals surface area contributed by atoms with Crippen molar-refractivity contribution in [2.24, 2.45) is 5.92 Å². The summed E-state index contributed by atoms with van der Waals surface area (Å²) in [6.07, 6.45) is 6.04. The fourth-order valence-corrected chi connectivity index (χ4v) is 3.45. The molecule has 2 aromatic rings. The normalized spacial score (nSPS) is 24.2. The Morgan fingerprint density at radius 3 is 2.70 bits per heavy atom. The molecule has 1 unspecified atom stereocenters. The molecule has 0 radical (unpaired) electrons. The van der Waals surface area contributed by atoms with Gasteiger partial charge in [-0.3, -0.25) is 0 Å². The van der Waals surface area contributed by atoms with E-state index >= 15 is 0 Å². The lowest BCUT2D eigenvalue weighted by molar-refractivity contribution is 0.256. The molecule has 124 valence electrons. The SMILES string of the molecule is Cl.Fc1ccc(-c2nc(C3(CC4CC4)CCCNC3)no2)cc1. The van der Waals surface area contributed by atoms with Crippen LogP contribution in [0.15, 0.2) is 28.8 Å². The minimum Gasteiger partial charge on any atom is -0.334 e. The smallest absolute Gasteiger partial charge is 0.257 e. The maximum atomic E-state index is 13.0. The Bertz CT molecular complexity index is 648. The van der Waals surface area contributed by atoms with Gasteiger partial charge in [0.05, 0.1) is 0 Å². The Hall–Kier alpha value is -1.46. The molecule has 4 nitrogen and oxygen atoms in total. The van der Waals surface area contributed by atoms with E-state index in [1.807, 2.05) is 0 Å². The van der Waals surface area contributed by atoms with Crippen LogP contribution in [0.4, 0.5) is 4.39 Å². The number of aromatic nitrogens is 2. The Morgan fingerprint density at radius 1 is 1.26 bits per heavy atom. The molecule has 1 aliphatic carbocycles. The Labute approximate surface area is 141 Å². The number of hydrogen-bond donors (Lipinski definition) is 1. The monoisotopic (exact) mass is 337 g/mol. The second-order valence-electron chi connectivity index (χ2n) is 6.64. The highest BCUT2D eigenvalue weighted by atomic mass is 35.5. The van der Waals surface area contributed by atoms with Crippen molar-refractivity contribution in [2.75, 3.05) is 13.1 Å². The van der Waals surface area contributed by atoms with Gasteiger partial charge in [-0.05, 0) is 56.0 Å². The van der Waals surface area contributed by atoms with Crippen LogP contribution in [0, 0.1) is 11.7 Å². The van der Waals surface area contributed by atoms with Crippen LogP contribution in [0.2, 0.25) is 0 Å². The molecule has 4 rings (SSSR count). The van der Waals surface area contributed by atoms with Crippen molar-refractivity contribution < 1.29 is 8.91 Å². The van der Waals surface area contributed by atoms with Crippen LogP contribution in [-0.2, 0) is 5.41 Å². The molecule has 1 saturated carbocycles. The average Bonchev–Trinajstić information content (AvgIpc) is 3.20. The van der Waals surface area contributed by atoms with E-state index in [-0.39, 0.29) is 23.6 Å². The van der Waals surface area contributed by atoms with Crippen molar-refractivity contribution in [3.8, 4) is 11.5 Å². The van der Waals surface area contributed by atoms with Crippen molar-refractivity contribution in [2.45, 2.75) is 37.5 Å². The number of halogens is 2. The summed E-state index contributed by atoms with van der Waals surface area (Å²) in [5, 5.41) is 7.76. The molecule has 6 heteroatoms. The first-order valence-corrected chi connectivity index (χ1v) is 8.06. The summed E-state index contributed by atoms with van der Waals surface area (Å²) < 4.78 is 18.5. The maximum absolute atomic E-state index is 13.0. The van der Waals surface area contributed by atoms with Gasteiger partial charge in [-0.25, -0.2) is 4.39 Å². The molecule has 1 aliphatic heterocycles. The first-order chi connectivity index (χ1) is 10.8. The first kappa shape index (κ1) is 16.4. The summed E-state index contributed by atoms with van der Waals surface area (Å²) in [5.74, 6) is 1.85. The molecule has 1 aromatic heterocycles. The fraction of sp³-hybridized carbons (Fsp3) is 0.529. The molecule has 23 heavy (non-hydrogen) atoms. The summed E-state index contributed by atoms with van der Waals surface area (Å²) in [4.78, 5) is 4.65. The van der Waals surface area contributed by atoms with Crippen molar-refractivity contribution in [1.82, 2.24) is 15.5 Å². The van der Waals surface area contributed by atoms with Crippen LogP contribution >= 0.6 is 12.4 Å². The fourth-order valence-electron chi connectivity index (χ4n) is 3.45. The van der Waals surface area contributed by atoms with Crippen LogP contribution in [0.5, 0.6) is 0 Å². The molecule has 1 aromatic carbocycles. The third-order valence-electron chi connectivity index (χ3n) is 4.84. The van der Waals surface area contributed by atoms with Crippen LogP contribution < -0.4 is 5.32 Å². The molecule has 1 N–H and O–H groups in total. The first-order valence-electron chi connectivity index (χ1n) is 8.06. The molecule has 0 spiro atoms. The third kappa shape index (κ3) is 3.40. The molecule has 1 saturated heterocycles. The Balaban J connectivity index is 0.00000156. The summed E-state index contributed by atoms with van der Waals surface area (Å²) in [6.45, 7) is 1.99. The lowest BCUT2D eigenvalue weighted by Crippen LogP contribution is -2.44. The second kappa shape index (κ2) is 6.57. The third-order valence-corrected chi connectivity index (χ3v) is 4.84. The summed E-state index contributed by atoms with van der Waals surface area (Å²) >= 11 is 0. The standard InChI is InChI=1S/C17H20FN3O.ClH/c18-14-6-4-13(5-7-14)15-20-16(21-22-15)17(10-12-2-3-12)8-1-9-19-11-17;/h4-7,12,19H,1-3,8-11H2;1H. The molecular weight excluding hydrogens is 317 g/mol. The quantitative estimate of drug-likeness (QED) is 0.923.